The summed E-state index contributed by atoms with van der Waals surface area (Å²) in [5.41, 5.74) is 8.40. The lowest BCUT2D eigenvalue weighted by Gasteiger charge is -1.99. The highest BCUT2D eigenvalue weighted by Gasteiger charge is 2.04. The van der Waals surface area contributed by atoms with Crippen molar-refractivity contribution in [1.82, 2.24) is 9.97 Å². The second kappa shape index (κ2) is 5.15. The topological polar surface area (TPSA) is 54.7 Å². The van der Waals surface area contributed by atoms with Gasteiger partial charge in [-0.05, 0) is 36.4 Å². The number of nitrogen functional groups attached to an aromatic ring is 1. The van der Waals surface area contributed by atoms with Crippen LogP contribution in [0.5, 0.6) is 0 Å². The van der Waals surface area contributed by atoms with Crippen LogP contribution < -0.4 is 5.73 Å². The number of H-pyrrole nitrogens is 1. The predicted molar refractivity (Wildman–Crippen MR) is 81.5 cm³/mol. The number of benzene rings is 2. The molecule has 3 nitrogen and oxygen atoms in total. The Bertz CT molecular complexity index is 724. The number of hydrogen-bond acceptors (Lipinski definition) is 3. The van der Waals surface area contributed by atoms with Gasteiger partial charge in [0.2, 0.25) is 0 Å². The van der Waals surface area contributed by atoms with E-state index in [9.17, 15) is 0 Å². The van der Waals surface area contributed by atoms with E-state index in [2.05, 4.69) is 9.97 Å². The molecule has 3 aromatic rings. The van der Waals surface area contributed by atoms with E-state index in [-0.39, 0.29) is 0 Å². The average molecular weight is 290 g/mol. The molecule has 0 radical (unpaired) electrons. The third-order valence-electron chi connectivity index (χ3n) is 2.73. The van der Waals surface area contributed by atoms with Crippen molar-refractivity contribution in [3.05, 3.63) is 53.3 Å². The first kappa shape index (κ1) is 12.4. The van der Waals surface area contributed by atoms with Gasteiger partial charge in [0.15, 0.2) is 0 Å². The fourth-order valence-electron chi connectivity index (χ4n) is 1.86. The molecule has 1 heterocycles. The third-order valence-corrected chi connectivity index (χ3v) is 3.97. The van der Waals surface area contributed by atoms with Crippen molar-refractivity contribution in [2.45, 2.75) is 10.6 Å². The monoisotopic (exact) mass is 289 g/mol. The van der Waals surface area contributed by atoms with E-state index in [1.54, 1.807) is 11.8 Å². The second-order valence-electron chi connectivity index (χ2n) is 4.21. The maximum absolute atomic E-state index is 5.96. The van der Waals surface area contributed by atoms with Crippen molar-refractivity contribution in [3.63, 3.8) is 0 Å². The van der Waals surface area contributed by atoms with Crippen LogP contribution >= 0.6 is 23.4 Å². The number of halogens is 1. The number of nitrogens with zero attached hydrogens (tertiary/aromatic N) is 1. The van der Waals surface area contributed by atoms with Crippen LogP contribution in [0.2, 0.25) is 5.02 Å². The van der Waals surface area contributed by atoms with Crippen LogP contribution in [0.1, 0.15) is 5.82 Å². The standard InChI is InChI=1S/C14H12ClN3S/c15-9-2-1-3-11(6-9)19-8-14-17-12-5-4-10(16)7-13(12)18-14/h1-7H,8,16H2,(H,17,18). The van der Waals surface area contributed by atoms with Crippen molar-refractivity contribution < 1.29 is 0 Å². The Morgan fingerprint density at radius 1 is 1.21 bits per heavy atom. The van der Waals surface area contributed by atoms with Gasteiger partial charge in [-0.15, -0.1) is 11.8 Å². The van der Waals surface area contributed by atoms with Crippen molar-refractivity contribution >= 4 is 40.1 Å². The number of hydrogen-bond donors (Lipinski definition) is 2. The van der Waals surface area contributed by atoms with E-state index in [4.69, 9.17) is 17.3 Å². The number of rotatable bonds is 3. The van der Waals surface area contributed by atoms with Crippen molar-refractivity contribution in [3.8, 4) is 0 Å². The zero-order chi connectivity index (χ0) is 13.2. The summed E-state index contributed by atoms with van der Waals surface area (Å²) in [4.78, 5) is 8.93. The maximum atomic E-state index is 5.96. The highest BCUT2D eigenvalue weighted by Crippen LogP contribution is 2.25. The average Bonchev–Trinajstić information content (AvgIpc) is 2.78. The Labute approximate surface area is 120 Å². The lowest BCUT2D eigenvalue weighted by molar-refractivity contribution is 1.14. The number of nitrogens with two attached hydrogens (primary N) is 1. The third kappa shape index (κ3) is 2.85. The Kier molecular flexibility index (Phi) is 3.36. The van der Waals surface area contributed by atoms with Gasteiger partial charge < -0.3 is 10.7 Å². The summed E-state index contributed by atoms with van der Waals surface area (Å²) < 4.78 is 0. The van der Waals surface area contributed by atoms with Gasteiger partial charge >= 0.3 is 0 Å². The normalized spacial score (nSPS) is 11.0. The van der Waals surface area contributed by atoms with Crippen LogP contribution in [0, 0.1) is 0 Å². The zero-order valence-corrected chi connectivity index (χ0v) is 11.6. The fourth-order valence-corrected chi connectivity index (χ4v) is 2.94. The molecule has 0 saturated heterocycles. The van der Waals surface area contributed by atoms with Crippen LogP contribution in [0.15, 0.2) is 47.4 Å². The molecule has 19 heavy (non-hydrogen) atoms. The first-order valence-electron chi connectivity index (χ1n) is 5.83. The molecule has 96 valence electrons. The van der Waals surface area contributed by atoms with Crippen LogP contribution in [0.4, 0.5) is 5.69 Å². The Balaban J connectivity index is 1.78. The lowest BCUT2D eigenvalue weighted by atomic mass is 10.3. The minimum atomic E-state index is 0.741. The summed E-state index contributed by atoms with van der Waals surface area (Å²) in [6, 6.07) is 13.5. The quantitative estimate of drug-likeness (QED) is 0.564. The van der Waals surface area contributed by atoms with E-state index in [1.807, 2.05) is 42.5 Å². The van der Waals surface area contributed by atoms with Gasteiger partial charge in [0.1, 0.15) is 5.82 Å². The second-order valence-corrected chi connectivity index (χ2v) is 5.69. The summed E-state index contributed by atoms with van der Waals surface area (Å²) >= 11 is 7.66. The molecule has 0 aliphatic heterocycles. The lowest BCUT2D eigenvalue weighted by Crippen LogP contribution is -1.83. The van der Waals surface area contributed by atoms with Gasteiger partial charge in [-0.1, -0.05) is 17.7 Å². The first-order chi connectivity index (χ1) is 9.20. The molecule has 5 heteroatoms. The van der Waals surface area contributed by atoms with E-state index in [0.29, 0.717) is 0 Å². The number of aromatic amines is 1. The summed E-state index contributed by atoms with van der Waals surface area (Å²) in [7, 11) is 0. The molecular weight excluding hydrogens is 278 g/mol. The van der Waals surface area contributed by atoms with Gasteiger partial charge in [0.05, 0.1) is 16.8 Å². The first-order valence-corrected chi connectivity index (χ1v) is 7.19. The van der Waals surface area contributed by atoms with Crippen LogP contribution in [0.25, 0.3) is 11.0 Å². The number of anilines is 1. The highest BCUT2D eigenvalue weighted by atomic mass is 35.5. The molecule has 0 atom stereocenters. The minimum absolute atomic E-state index is 0.741. The fraction of sp³-hybridized carbons (Fsp3) is 0.0714. The number of aromatic nitrogens is 2. The molecule has 0 unspecified atom stereocenters. The summed E-state index contributed by atoms with van der Waals surface area (Å²) in [5.74, 6) is 1.71. The molecule has 0 aliphatic carbocycles. The zero-order valence-electron chi connectivity index (χ0n) is 10.1. The van der Waals surface area contributed by atoms with Crippen LogP contribution in [0.3, 0.4) is 0 Å². The molecule has 0 spiro atoms. The van der Waals surface area contributed by atoms with Crippen LogP contribution in [-0.2, 0) is 5.75 Å². The van der Waals surface area contributed by atoms with Crippen LogP contribution in [-0.4, -0.2) is 9.97 Å². The largest absolute Gasteiger partial charge is 0.399 e. The van der Waals surface area contributed by atoms with Gasteiger partial charge in [0.25, 0.3) is 0 Å². The summed E-state index contributed by atoms with van der Waals surface area (Å²) in [6.07, 6.45) is 0. The van der Waals surface area contributed by atoms with E-state index in [1.165, 1.54) is 0 Å². The van der Waals surface area contributed by atoms with E-state index >= 15 is 0 Å². The number of fused-ring (bicyclic) bond motifs is 1. The molecule has 0 fully saturated rings. The molecule has 0 saturated carbocycles. The number of thioether (sulfide) groups is 1. The SMILES string of the molecule is Nc1ccc2nc(CSc3cccc(Cl)c3)[nH]c2c1. The van der Waals surface area contributed by atoms with Gasteiger partial charge in [0, 0.05) is 15.6 Å². The van der Waals surface area contributed by atoms with E-state index < -0.39 is 0 Å². The van der Waals surface area contributed by atoms with Gasteiger partial charge in [-0.25, -0.2) is 4.98 Å². The Morgan fingerprint density at radius 3 is 2.95 bits per heavy atom. The smallest absolute Gasteiger partial charge is 0.117 e. The minimum Gasteiger partial charge on any atom is -0.399 e. The molecule has 1 aromatic heterocycles. The molecule has 0 amide bonds. The molecule has 0 aliphatic rings. The van der Waals surface area contributed by atoms with Crippen molar-refractivity contribution in [1.29, 1.82) is 0 Å². The molecule has 3 N–H and O–H groups in total. The Morgan fingerprint density at radius 2 is 2.11 bits per heavy atom. The Hall–Kier alpha value is -1.65. The maximum Gasteiger partial charge on any atom is 0.117 e. The summed E-state index contributed by atoms with van der Waals surface area (Å²) in [6.45, 7) is 0. The van der Waals surface area contributed by atoms with E-state index in [0.717, 1.165) is 38.2 Å². The molecule has 2 aromatic carbocycles. The molecular formula is C14H12ClN3S. The molecule has 0 bridgehead atoms. The van der Waals surface area contributed by atoms with Gasteiger partial charge in [-0.3, -0.25) is 0 Å². The molecule has 3 rings (SSSR count). The predicted octanol–water partition coefficient (Wildman–Crippen LogP) is 4.09. The number of imidazole rings is 1. The van der Waals surface area contributed by atoms with Crippen molar-refractivity contribution in [2.75, 3.05) is 5.73 Å². The van der Waals surface area contributed by atoms with Crippen molar-refractivity contribution in [2.24, 2.45) is 0 Å². The summed E-state index contributed by atoms with van der Waals surface area (Å²) in [5, 5.41) is 0.752. The van der Waals surface area contributed by atoms with Gasteiger partial charge in [-0.2, -0.15) is 0 Å². The highest BCUT2D eigenvalue weighted by molar-refractivity contribution is 7.98. The number of nitrogens with one attached hydrogen (secondary N) is 1.